The maximum absolute atomic E-state index is 6.16. The lowest BCUT2D eigenvalue weighted by molar-refractivity contribution is 0.341. The van der Waals surface area contributed by atoms with Crippen molar-refractivity contribution in [1.82, 2.24) is 4.98 Å². The quantitative estimate of drug-likeness (QED) is 0.563. The van der Waals surface area contributed by atoms with E-state index in [1.807, 2.05) is 37.3 Å². The Labute approximate surface area is 143 Å². The van der Waals surface area contributed by atoms with Crippen LogP contribution >= 0.6 is 43.2 Å². The van der Waals surface area contributed by atoms with Crippen LogP contribution in [0.25, 0.3) is 20.8 Å². The molecule has 0 bridgehead atoms. The summed E-state index contributed by atoms with van der Waals surface area (Å²) in [6, 6.07) is 9.85. The van der Waals surface area contributed by atoms with Crippen molar-refractivity contribution < 1.29 is 4.74 Å². The van der Waals surface area contributed by atoms with E-state index in [1.165, 1.54) is 0 Å². The van der Waals surface area contributed by atoms with Gasteiger partial charge in [-0.1, -0.05) is 15.9 Å². The van der Waals surface area contributed by atoms with Gasteiger partial charge in [0.05, 0.1) is 22.5 Å². The molecule has 0 amide bonds. The van der Waals surface area contributed by atoms with Crippen molar-refractivity contribution in [3.05, 3.63) is 39.3 Å². The zero-order valence-electron chi connectivity index (χ0n) is 11.2. The Kier molecular flexibility index (Phi) is 4.19. The number of anilines is 1. The Hall–Kier alpha value is -1.11. The molecule has 0 aliphatic heterocycles. The summed E-state index contributed by atoms with van der Waals surface area (Å²) in [5.74, 6) is 0.864. The molecular formula is C15H12Br2N2OS. The highest BCUT2D eigenvalue weighted by atomic mass is 79.9. The molecule has 1 heterocycles. The van der Waals surface area contributed by atoms with E-state index >= 15 is 0 Å². The maximum Gasteiger partial charge on any atom is 0.126 e. The van der Waals surface area contributed by atoms with Crippen LogP contribution in [0.15, 0.2) is 39.3 Å². The lowest BCUT2D eigenvalue weighted by Crippen LogP contribution is -1.91. The number of benzene rings is 2. The van der Waals surface area contributed by atoms with E-state index in [2.05, 4.69) is 36.8 Å². The first-order chi connectivity index (χ1) is 10.1. The molecule has 0 spiro atoms. The van der Waals surface area contributed by atoms with E-state index in [4.69, 9.17) is 10.5 Å². The van der Waals surface area contributed by atoms with Gasteiger partial charge in [0.25, 0.3) is 0 Å². The third kappa shape index (κ3) is 2.93. The van der Waals surface area contributed by atoms with Gasteiger partial charge in [0, 0.05) is 14.5 Å². The van der Waals surface area contributed by atoms with E-state index in [-0.39, 0.29) is 0 Å². The molecule has 3 nitrogen and oxygen atoms in total. The summed E-state index contributed by atoms with van der Waals surface area (Å²) in [7, 11) is 0. The third-order valence-corrected chi connectivity index (χ3v) is 5.16. The molecule has 3 aromatic rings. The van der Waals surface area contributed by atoms with Crippen LogP contribution in [0.5, 0.6) is 5.75 Å². The summed E-state index contributed by atoms with van der Waals surface area (Å²) >= 11 is 8.57. The van der Waals surface area contributed by atoms with Gasteiger partial charge in [0.15, 0.2) is 0 Å². The van der Waals surface area contributed by atoms with E-state index < -0.39 is 0 Å². The van der Waals surface area contributed by atoms with E-state index in [0.29, 0.717) is 12.3 Å². The van der Waals surface area contributed by atoms with Gasteiger partial charge in [0.1, 0.15) is 10.8 Å². The normalized spacial score (nSPS) is 11.0. The Balaban J connectivity index is 2.13. The molecule has 0 fully saturated rings. The van der Waals surface area contributed by atoms with Gasteiger partial charge in [-0.25, -0.2) is 4.98 Å². The fourth-order valence-electron chi connectivity index (χ4n) is 2.04. The number of nitrogens with two attached hydrogens (primary N) is 1. The van der Waals surface area contributed by atoms with Crippen molar-refractivity contribution in [1.29, 1.82) is 0 Å². The van der Waals surface area contributed by atoms with Crippen LogP contribution in [0.3, 0.4) is 0 Å². The molecular weight excluding hydrogens is 416 g/mol. The molecule has 1 aromatic heterocycles. The van der Waals surface area contributed by atoms with Crippen LogP contribution in [0, 0.1) is 0 Å². The molecule has 0 saturated carbocycles. The molecule has 0 radical (unpaired) electrons. The van der Waals surface area contributed by atoms with Crippen molar-refractivity contribution in [2.45, 2.75) is 6.92 Å². The van der Waals surface area contributed by atoms with Crippen LogP contribution in [0.4, 0.5) is 5.69 Å². The Morgan fingerprint density at radius 2 is 2.05 bits per heavy atom. The van der Waals surface area contributed by atoms with Crippen LogP contribution < -0.4 is 10.5 Å². The van der Waals surface area contributed by atoms with Crippen LogP contribution in [0.2, 0.25) is 0 Å². The highest BCUT2D eigenvalue weighted by Gasteiger charge is 2.13. The lowest BCUT2D eigenvalue weighted by Gasteiger charge is -2.05. The number of hydrogen-bond donors (Lipinski definition) is 1. The fourth-order valence-corrected chi connectivity index (χ4v) is 4.29. The van der Waals surface area contributed by atoms with E-state index in [0.717, 1.165) is 35.5 Å². The van der Waals surface area contributed by atoms with Gasteiger partial charge >= 0.3 is 0 Å². The van der Waals surface area contributed by atoms with Crippen molar-refractivity contribution in [3.63, 3.8) is 0 Å². The van der Waals surface area contributed by atoms with Gasteiger partial charge in [-0.05, 0) is 53.2 Å². The summed E-state index contributed by atoms with van der Waals surface area (Å²) in [6.45, 7) is 2.63. The second-order valence-corrected chi connectivity index (χ2v) is 7.23. The van der Waals surface area contributed by atoms with Gasteiger partial charge in [-0.15, -0.1) is 11.3 Å². The lowest BCUT2D eigenvalue weighted by atomic mass is 10.2. The average Bonchev–Trinajstić information content (AvgIpc) is 2.86. The van der Waals surface area contributed by atoms with Crippen molar-refractivity contribution >= 4 is 59.1 Å². The SMILES string of the molecule is CCOc1ccc2nc(-c3cc(Br)cc(Br)c3N)sc2c1. The number of ether oxygens (including phenoxy) is 1. The van der Waals surface area contributed by atoms with Crippen molar-refractivity contribution in [2.75, 3.05) is 12.3 Å². The Bertz CT molecular complexity index is 817. The number of rotatable bonds is 3. The molecule has 0 saturated heterocycles. The number of aromatic nitrogens is 1. The van der Waals surface area contributed by atoms with Crippen molar-refractivity contribution in [2.24, 2.45) is 0 Å². The van der Waals surface area contributed by atoms with E-state index in [1.54, 1.807) is 11.3 Å². The zero-order valence-corrected chi connectivity index (χ0v) is 15.2. The van der Waals surface area contributed by atoms with Crippen LogP contribution in [-0.4, -0.2) is 11.6 Å². The van der Waals surface area contributed by atoms with Gasteiger partial charge < -0.3 is 10.5 Å². The van der Waals surface area contributed by atoms with Crippen molar-refractivity contribution in [3.8, 4) is 16.3 Å². The molecule has 6 heteroatoms. The summed E-state index contributed by atoms with van der Waals surface area (Å²) in [5, 5.41) is 0.901. The molecule has 0 atom stereocenters. The van der Waals surface area contributed by atoms with Gasteiger partial charge in [-0.2, -0.15) is 0 Å². The second-order valence-electron chi connectivity index (χ2n) is 4.43. The number of fused-ring (bicyclic) bond motifs is 1. The van der Waals surface area contributed by atoms with Gasteiger partial charge in [0.2, 0.25) is 0 Å². The molecule has 108 valence electrons. The highest BCUT2D eigenvalue weighted by molar-refractivity contribution is 9.11. The zero-order chi connectivity index (χ0) is 15.0. The molecule has 2 N–H and O–H groups in total. The predicted molar refractivity (Wildman–Crippen MR) is 96.0 cm³/mol. The van der Waals surface area contributed by atoms with Gasteiger partial charge in [-0.3, -0.25) is 0 Å². The van der Waals surface area contributed by atoms with Crippen LogP contribution in [0.1, 0.15) is 6.92 Å². The minimum Gasteiger partial charge on any atom is -0.494 e. The third-order valence-electron chi connectivity index (χ3n) is 3.00. The summed E-state index contributed by atoms with van der Waals surface area (Å²) in [5.41, 5.74) is 8.73. The molecule has 3 rings (SSSR count). The van der Waals surface area contributed by atoms with E-state index in [9.17, 15) is 0 Å². The highest BCUT2D eigenvalue weighted by Crippen LogP contribution is 2.39. The first-order valence-corrected chi connectivity index (χ1v) is 8.77. The first-order valence-electron chi connectivity index (χ1n) is 6.36. The first kappa shape index (κ1) is 14.8. The number of thiazole rings is 1. The molecule has 0 aliphatic rings. The monoisotopic (exact) mass is 426 g/mol. The Morgan fingerprint density at radius 3 is 2.81 bits per heavy atom. The average molecular weight is 428 g/mol. The minimum atomic E-state index is 0.655. The molecule has 0 unspecified atom stereocenters. The second kappa shape index (κ2) is 5.94. The number of halogens is 2. The minimum absolute atomic E-state index is 0.655. The summed E-state index contributed by atoms with van der Waals surface area (Å²) in [6.07, 6.45) is 0. The topological polar surface area (TPSA) is 48.1 Å². The number of nitrogen functional groups attached to an aromatic ring is 1. The molecule has 2 aromatic carbocycles. The summed E-state index contributed by atoms with van der Waals surface area (Å²) < 4.78 is 8.45. The number of hydrogen-bond acceptors (Lipinski definition) is 4. The van der Waals surface area contributed by atoms with Crippen LogP contribution in [-0.2, 0) is 0 Å². The summed E-state index contributed by atoms with van der Waals surface area (Å²) in [4.78, 5) is 4.67. The fraction of sp³-hybridized carbons (Fsp3) is 0.133. The predicted octanol–water partition coefficient (Wildman–Crippen LogP) is 5.47. The standard InChI is InChI=1S/C15H12Br2N2OS/c1-2-20-9-3-4-12-13(7-9)21-15(19-12)10-5-8(16)6-11(17)14(10)18/h3-7H,2,18H2,1H3. The molecule has 21 heavy (non-hydrogen) atoms. The number of nitrogens with zero attached hydrogens (tertiary/aromatic N) is 1. The maximum atomic E-state index is 6.16. The Morgan fingerprint density at radius 1 is 1.24 bits per heavy atom. The largest absolute Gasteiger partial charge is 0.494 e. The molecule has 0 aliphatic carbocycles. The smallest absolute Gasteiger partial charge is 0.126 e.